The van der Waals surface area contributed by atoms with Crippen LogP contribution in [0.2, 0.25) is 0 Å². The molecular formula is C20H24N4O2S. The summed E-state index contributed by atoms with van der Waals surface area (Å²) in [6.45, 7) is 8.38. The number of pyridine rings is 1. The second-order valence-corrected chi connectivity index (χ2v) is 9.14. The monoisotopic (exact) mass is 384 g/mol. The van der Waals surface area contributed by atoms with Gasteiger partial charge in [-0.25, -0.2) is 4.98 Å². The lowest BCUT2D eigenvalue weighted by molar-refractivity contribution is 0.0899. The molecule has 3 aromatic rings. The summed E-state index contributed by atoms with van der Waals surface area (Å²) in [6.07, 6.45) is 2.20. The minimum atomic E-state index is -0.396. The van der Waals surface area contributed by atoms with E-state index in [4.69, 9.17) is 10.3 Å². The summed E-state index contributed by atoms with van der Waals surface area (Å²) < 4.78 is 5.40. The molecule has 0 spiro atoms. The Bertz CT molecular complexity index is 1030. The summed E-state index contributed by atoms with van der Waals surface area (Å²) in [4.78, 5) is 20.2. The van der Waals surface area contributed by atoms with Crippen molar-refractivity contribution in [1.29, 1.82) is 0 Å². The van der Waals surface area contributed by atoms with Crippen molar-refractivity contribution in [3.8, 4) is 11.3 Å². The van der Waals surface area contributed by atoms with Crippen LogP contribution in [0.25, 0.3) is 22.4 Å². The zero-order chi connectivity index (χ0) is 19.3. The quantitative estimate of drug-likeness (QED) is 0.699. The van der Waals surface area contributed by atoms with Crippen molar-refractivity contribution in [2.45, 2.75) is 46.1 Å². The Morgan fingerprint density at radius 3 is 2.70 bits per heavy atom. The molecule has 1 aliphatic carbocycles. The van der Waals surface area contributed by atoms with Gasteiger partial charge in [-0.3, -0.25) is 4.79 Å². The fourth-order valence-corrected chi connectivity index (χ4v) is 4.60. The smallest absolute Gasteiger partial charge is 0.259 e. The second kappa shape index (κ2) is 6.42. The van der Waals surface area contributed by atoms with Gasteiger partial charge in [-0.2, -0.15) is 0 Å². The highest BCUT2D eigenvalue weighted by molar-refractivity contribution is 7.12. The third-order valence-electron chi connectivity index (χ3n) is 5.48. The van der Waals surface area contributed by atoms with Gasteiger partial charge in [0.15, 0.2) is 0 Å². The molecule has 3 heterocycles. The number of nitrogens with two attached hydrogens (primary N) is 1. The normalized spacial score (nSPS) is 16.5. The van der Waals surface area contributed by atoms with Crippen LogP contribution in [0.4, 0.5) is 0 Å². The number of aryl methyl sites for hydroxylation is 3. The molecule has 0 bridgehead atoms. The Morgan fingerprint density at radius 2 is 2.11 bits per heavy atom. The van der Waals surface area contributed by atoms with Crippen LogP contribution >= 0.6 is 11.3 Å². The number of nitrogens with zero attached hydrogens (tertiary/aromatic N) is 2. The summed E-state index contributed by atoms with van der Waals surface area (Å²) in [6, 6.07) is 3.94. The number of hydrogen-bond donors (Lipinski definition) is 2. The highest BCUT2D eigenvalue weighted by Gasteiger charge is 2.42. The van der Waals surface area contributed by atoms with Crippen LogP contribution in [-0.4, -0.2) is 28.1 Å². The standard InChI is InChI=1S/C20H24N4O2S/c1-10-7-14(12(3)27-10)16-8-15(17-11(2)24-26-19(17)22-16)18(25)23-20(4,9-21)13-5-6-13/h7-8,13H,5-6,9,21H2,1-4H3,(H,23,25). The molecule has 4 rings (SSSR count). The van der Waals surface area contributed by atoms with Crippen molar-refractivity contribution >= 4 is 28.3 Å². The third kappa shape index (κ3) is 3.15. The van der Waals surface area contributed by atoms with Gasteiger partial charge in [-0.15, -0.1) is 11.3 Å². The zero-order valence-electron chi connectivity index (χ0n) is 16.0. The molecule has 1 saturated carbocycles. The van der Waals surface area contributed by atoms with E-state index < -0.39 is 5.54 Å². The number of rotatable bonds is 5. The minimum absolute atomic E-state index is 0.153. The van der Waals surface area contributed by atoms with E-state index in [0.717, 1.165) is 29.0 Å². The van der Waals surface area contributed by atoms with E-state index in [1.807, 2.05) is 19.9 Å². The lowest BCUT2D eigenvalue weighted by atomic mass is 9.95. The van der Waals surface area contributed by atoms with Crippen molar-refractivity contribution in [1.82, 2.24) is 15.5 Å². The summed E-state index contributed by atoms with van der Waals surface area (Å²) in [7, 11) is 0. The zero-order valence-corrected chi connectivity index (χ0v) is 16.9. The number of hydrogen-bond acceptors (Lipinski definition) is 6. The molecule has 0 saturated heterocycles. The molecule has 27 heavy (non-hydrogen) atoms. The van der Waals surface area contributed by atoms with E-state index >= 15 is 0 Å². The maximum absolute atomic E-state index is 13.2. The first kappa shape index (κ1) is 18.1. The molecule has 1 unspecified atom stereocenters. The van der Waals surface area contributed by atoms with E-state index in [-0.39, 0.29) is 5.91 Å². The van der Waals surface area contributed by atoms with E-state index in [0.29, 0.717) is 34.8 Å². The number of carbonyl (C=O) groups excluding carboxylic acids is 1. The van der Waals surface area contributed by atoms with Gasteiger partial charge in [0.1, 0.15) is 0 Å². The molecule has 142 valence electrons. The number of amides is 1. The van der Waals surface area contributed by atoms with E-state index in [2.05, 4.69) is 35.4 Å². The summed E-state index contributed by atoms with van der Waals surface area (Å²) in [5, 5.41) is 7.86. The van der Waals surface area contributed by atoms with Crippen molar-refractivity contribution in [3.05, 3.63) is 33.1 Å². The minimum Gasteiger partial charge on any atom is -0.345 e. The predicted molar refractivity (Wildman–Crippen MR) is 107 cm³/mol. The van der Waals surface area contributed by atoms with E-state index in [1.54, 1.807) is 11.3 Å². The van der Waals surface area contributed by atoms with Gasteiger partial charge in [-0.05, 0) is 58.6 Å². The van der Waals surface area contributed by atoms with Crippen molar-refractivity contribution in [2.75, 3.05) is 6.54 Å². The molecule has 6 nitrogen and oxygen atoms in total. The van der Waals surface area contributed by atoms with Crippen LogP contribution in [0.5, 0.6) is 0 Å². The summed E-state index contributed by atoms with van der Waals surface area (Å²) in [5.74, 6) is 0.285. The molecule has 0 aromatic carbocycles. The third-order valence-corrected chi connectivity index (χ3v) is 6.45. The van der Waals surface area contributed by atoms with Crippen LogP contribution in [0.1, 0.15) is 45.6 Å². The highest BCUT2D eigenvalue weighted by atomic mass is 32.1. The molecule has 1 atom stereocenters. The van der Waals surface area contributed by atoms with Gasteiger partial charge in [0.25, 0.3) is 11.6 Å². The van der Waals surface area contributed by atoms with Gasteiger partial charge in [0.05, 0.1) is 27.9 Å². The first-order valence-corrected chi connectivity index (χ1v) is 10.0. The molecule has 1 aliphatic rings. The lowest BCUT2D eigenvalue weighted by Gasteiger charge is -2.29. The van der Waals surface area contributed by atoms with Crippen LogP contribution < -0.4 is 11.1 Å². The Morgan fingerprint density at radius 1 is 1.37 bits per heavy atom. The number of fused-ring (bicyclic) bond motifs is 1. The van der Waals surface area contributed by atoms with Gasteiger partial charge in [0.2, 0.25) is 0 Å². The summed E-state index contributed by atoms with van der Waals surface area (Å²) in [5.41, 5.74) is 8.92. The highest BCUT2D eigenvalue weighted by Crippen LogP contribution is 2.39. The van der Waals surface area contributed by atoms with Gasteiger partial charge >= 0.3 is 0 Å². The van der Waals surface area contributed by atoms with Gasteiger partial charge in [-0.1, -0.05) is 5.16 Å². The average Bonchev–Trinajstić information content (AvgIpc) is 3.36. The SMILES string of the molecule is Cc1cc(-c2cc(C(=O)NC(C)(CN)C3CC3)c3c(C)noc3n2)c(C)s1. The molecule has 7 heteroatoms. The molecule has 0 aliphatic heterocycles. The van der Waals surface area contributed by atoms with Crippen molar-refractivity contribution in [2.24, 2.45) is 11.7 Å². The molecule has 3 N–H and O–H groups in total. The molecule has 3 aromatic heterocycles. The first-order valence-electron chi connectivity index (χ1n) is 9.19. The lowest BCUT2D eigenvalue weighted by Crippen LogP contribution is -2.53. The molecule has 0 radical (unpaired) electrons. The molecule has 1 fully saturated rings. The van der Waals surface area contributed by atoms with Crippen LogP contribution in [0.15, 0.2) is 16.7 Å². The molecular weight excluding hydrogens is 360 g/mol. The Balaban J connectivity index is 1.82. The fourth-order valence-electron chi connectivity index (χ4n) is 3.66. The van der Waals surface area contributed by atoms with E-state index in [1.165, 1.54) is 4.88 Å². The summed E-state index contributed by atoms with van der Waals surface area (Å²) >= 11 is 1.71. The van der Waals surface area contributed by atoms with Crippen LogP contribution in [0, 0.1) is 26.7 Å². The second-order valence-electron chi connectivity index (χ2n) is 7.68. The van der Waals surface area contributed by atoms with E-state index in [9.17, 15) is 4.79 Å². The Hall–Kier alpha value is -2.25. The number of carbonyl (C=O) groups is 1. The maximum atomic E-state index is 13.2. The molecule has 1 amide bonds. The predicted octanol–water partition coefficient (Wildman–Crippen LogP) is 3.73. The Kier molecular flexibility index (Phi) is 4.31. The van der Waals surface area contributed by atoms with Crippen LogP contribution in [0.3, 0.4) is 0 Å². The average molecular weight is 385 g/mol. The van der Waals surface area contributed by atoms with Crippen molar-refractivity contribution < 1.29 is 9.32 Å². The van der Waals surface area contributed by atoms with Crippen molar-refractivity contribution in [3.63, 3.8) is 0 Å². The maximum Gasteiger partial charge on any atom is 0.259 e. The van der Waals surface area contributed by atoms with Gasteiger partial charge < -0.3 is 15.6 Å². The number of nitrogens with one attached hydrogen (secondary N) is 1. The Labute approximate surface area is 162 Å². The number of thiophene rings is 1. The fraction of sp³-hybridized carbons (Fsp3) is 0.450. The largest absolute Gasteiger partial charge is 0.345 e. The number of aromatic nitrogens is 2. The topological polar surface area (TPSA) is 94.0 Å². The van der Waals surface area contributed by atoms with Gasteiger partial charge in [0, 0.05) is 21.9 Å². The van der Waals surface area contributed by atoms with Crippen LogP contribution in [-0.2, 0) is 0 Å². The first-order chi connectivity index (χ1) is 12.8.